The van der Waals surface area contributed by atoms with Gasteiger partial charge in [0.2, 0.25) is 5.91 Å². The molecule has 0 atom stereocenters. The highest BCUT2D eigenvalue weighted by Gasteiger charge is 2.13. The fourth-order valence-corrected chi connectivity index (χ4v) is 1.65. The Morgan fingerprint density at radius 3 is 2.46 bits per heavy atom. The monoisotopic (exact) mass is 371 g/mol. The SMILES string of the molecule is COc1cc(/C=C/C(=O)OCC(=O)NC(=O)C(C)C)ccc1OC(F)F. The number of esters is 1. The van der Waals surface area contributed by atoms with Crippen molar-refractivity contribution in [3.63, 3.8) is 0 Å². The number of ether oxygens (including phenoxy) is 3. The number of amides is 2. The van der Waals surface area contributed by atoms with Crippen LogP contribution in [0.4, 0.5) is 8.78 Å². The minimum Gasteiger partial charge on any atom is -0.493 e. The number of nitrogens with one attached hydrogen (secondary N) is 1. The highest BCUT2D eigenvalue weighted by molar-refractivity contribution is 5.97. The van der Waals surface area contributed by atoms with E-state index in [2.05, 4.69) is 10.1 Å². The van der Waals surface area contributed by atoms with Crippen molar-refractivity contribution >= 4 is 23.9 Å². The molecule has 26 heavy (non-hydrogen) atoms. The molecule has 0 aromatic heterocycles. The molecule has 0 heterocycles. The third kappa shape index (κ3) is 7.29. The van der Waals surface area contributed by atoms with E-state index in [4.69, 9.17) is 9.47 Å². The summed E-state index contributed by atoms with van der Waals surface area (Å²) in [5, 5.41) is 2.07. The first kappa shape index (κ1) is 21.1. The molecule has 1 aromatic rings. The van der Waals surface area contributed by atoms with Gasteiger partial charge in [0.05, 0.1) is 7.11 Å². The fourth-order valence-electron chi connectivity index (χ4n) is 1.65. The van der Waals surface area contributed by atoms with Crippen LogP contribution in [-0.2, 0) is 19.1 Å². The number of methoxy groups -OCH3 is 1. The molecule has 1 N–H and O–H groups in total. The van der Waals surface area contributed by atoms with Gasteiger partial charge < -0.3 is 14.2 Å². The zero-order chi connectivity index (χ0) is 19.7. The van der Waals surface area contributed by atoms with E-state index < -0.39 is 31.0 Å². The van der Waals surface area contributed by atoms with Crippen molar-refractivity contribution in [2.24, 2.45) is 5.92 Å². The third-order valence-corrected chi connectivity index (χ3v) is 2.95. The van der Waals surface area contributed by atoms with E-state index in [1.165, 1.54) is 31.4 Å². The maximum Gasteiger partial charge on any atom is 0.387 e. The molecule has 1 rings (SSSR count). The second kappa shape index (κ2) is 10.1. The number of halogens is 2. The zero-order valence-corrected chi connectivity index (χ0v) is 14.5. The smallest absolute Gasteiger partial charge is 0.387 e. The maximum absolute atomic E-state index is 12.3. The Morgan fingerprint density at radius 2 is 1.88 bits per heavy atom. The van der Waals surface area contributed by atoms with E-state index in [1.807, 2.05) is 0 Å². The van der Waals surface area contributed by atoms with Gasteiger partial charge in [-0.2, -0.15) is 8.78 Å². The molecule has 0 fully saturated rings. The Balaban J connectivity index is 2.60. The molecule has 0 radical (unpaired) electrons. The van der Waals surface area contributed by atoms with Crippen LogP contribution in [0.3, 0.4) is 0 Å². The summed E-state index contributed by atoms with van der Waals surface area (Å²) < 4.78 is 38.4. The lowest BCUT2D eigenvalue weighted by atomic mass is 10.2. The largest absolute Gasteiger partial charge is 0.493 e. The molecular weight excluding hydrogens is 352 g/mol. The summed E-state index contributed by atoms with van der Waals surface area (Å²) in [7, 11) is 1.28. The molecule has 9 heteroatoms. The van der Waals surface area contributed by atoms with Crippen molar-refractivity contribution in [3.8, 4) is 11.5 Å². The van der Waals surface area contributed by atoms with Crippen LogP contribution in [0.5, 0.6) is 11.5 Å². The van der Waals surface area contributed by atoms with Crippen molar-refractivity contribution in [2.75, 3.05) is 13.7 Å². The Morgan fingerprint density at radius 1 is 1.19 bits per heavy atom. The third-order valence-electron chi connectivity index (χ3n) is 2.95. The quantitative estimate of drug-likeness (QED) is 0.556. The average Bonchev–Trinajstić information content (AvgIpc) is 2.58. The van der Waals surface area contributed by atoms with Gasteiger partial charge in [0, 0.05) is 12.0 Å². The minimum atomic E-state index is -2.99. The van der Waals surface area contributed by atoms with Gasteiger partial charge in [-0.3, -0.25) is 14.9 Å². The highest BCUT2D eigenvalue weighted by atomic mass is 19.3. The molecule has 0 saturated carbocycles. The second-order valence-corrected chi connectivity index (χ2v) is 5.30. The van der Waals surface area contributed by atoms with Crippen LogP contribution in [0, 0.1) is 5.92 Å². The summed E-state index contributed by atoms with van der Waals surface area (Å²) >= 11 is 0. The molecule has 2 amide bonds. The lowest BCUT2D eigenvalue weighted by Gasteiger charge is -2.10. The zero-order valence-electron chi connectivity index (χ0n) is 14.5. The van der Waals surface area contributed by atoms with E-state index in [0.717, 1.165) is 6.08 Å². The van der Waals surface area contributed by atoms with Crippen molar-refractivity contribution in [2.45, 2.75) is 20.5 Å². The van der Waals surface area contributed by atoms with Crippen molar-refractivity contribution in [3.05, 3.63) is 29.8 Å². The van der Waals surface area contributed by atoms with E-state index in [1.54, 1.807) is 13.8 Å². The molecule has 0 saturated heterocycles. The van der Waals surface area contributed by atoms with E-state index >= 15 is 0 Å². The molecule has 0 spiro atoms. The summed E-state index contributed by atoms with van der Waals surface area (Å²) in [6.45, 7) is -0.368. The Bertz CT molecular complexity index is 688. The van der Waals surface area contributed by atoms with Crippen molar-refractivity contribution in [1.29, 1.82) is 0 Å². The minimum absolute atomic E-state index is 0.0624. The number of rotatable bonds is 8. The van der Waals surface area contributed by atoms with Crippen LogP contribution in [-0.4, -0.2) is 38.1 Å². The molecule has 1 aromatic carbocycles. The van der Waals surface area contributed by atoms with Crippen LogP contribution in [0.15, 0.2) is 24.3 Å². The predicted molar refractivity (Wildman–Crippen MR) is 87.6 cm³/mol. The Labute approximate surface area is 148 Å². The van der Waals surface area contributed by atoms with Crippen molar-refractivity contribution in [1.82, 2.24) is 5.32 Å². The van der Waals surface area contributed by atoms with Gasteiger partial charge in [0.1, 0.15) is 0 Å². The van der Waals surface area contributed by atoms with Crippen molar-refractivity contribution < 1.29 is 37.4 Å². The van der Waals surface area contributed by atoms with Crippen LogP contribution >= 0.6 is 0 Å². The number of benzene rings is 1. The van der Waals surface area contributed by atoms with Gasteiger partial charge in [-0.25, -0.2) is 4.79 Å². The van der Waals surface area contributed by atoms with Crippen LogP contribution < -0.4 is 14.8 Å². The molecule has 0 aliphatic heterocycles. The number of hydrogen-bond donors (Lipinski definition) is 1. The van der Waals surface area contributed by atoms with E-state index in [0.29, 0.717) is 5.56 Å². The van der Waals surface area contributed by atoms with Gasteiger partial charge in [-0.1, -0.05) is 19.9 Å². The van der Waals surface area contributed by atoms with E-state index in [-0.39, 0.29) is 17.4 Å². The first-order chi connectivity index (χ1) is 12.2. The average molecular weight is 371 g/mol. The normalized spacial score (nSPS) is 10.9. The summed E-state index contributed by atoms with van der Waals surface area (Å²) in [6, 6.07) is 4.08. The van der Waals surface area contributed by atoms with Gasteiger partial charge in [-0.15, -0.1) is 0 Å². The molecule has 0 bridgehead atoms. The summed E-state index contributed by atoms with van der Waals surface area (Å²) in [5.74, 6) is -2.48. The molecule has 0 aliphatic carbocycles. The Hall–Kier alpha value is -2.97. The van der Waals surface area contributed by atoms with Gasteiger partial charge in [0.25, 0.3) is 5.91 Å². The summed E-state index contributed by atoms with van der Waals surface area (Å²) in [6.07, 6.45) is 2.38. The van der Waals surface area contributed by atoms with Gasteiger partial charge in [0.15, 0.2) is 18.1 Å². The Kier molecular flexibility index (Phi) is 8.20. The fraction of sp³-hybridized carbons (Fsp3) is 0.353. The topological polar surface area (TPSA) is 90.9 Å². The van der Waals surface area contributed by atoms with Crippen LogP contribution in [0.25, 0.3) is 6.08 Å². The number of hydrogen-bond acceptors (Lipinski definition) is 6. The maximum atomic E-state index is 12.3. The number of imide groups is 1. The first-order valence-electron chi connectivity index (χ1n) is 7.54. The van der Waals surface area contributed by atoms with Crippen LogP contribution in [0.2, 0.25) is 0 Å². The summed E-state index contributed by atoms with van der Waals surface area (Å²) in [4.78, 5) is 34.3. The predicted octanol–water partition coefficient (Wildman–Crippen LogP) is 2.15. The lowest BCUT2D eigenvalue weighted by molar-refractivity contribution is -0.145. The first-order valence-corrected chi connectivity index (χ1v) is 7.54. The van der Waals surface area contributed by atoms with Crippen LogP contribution in [0.1, 0.15) is 19.4 Å². The number of carbonyl (C=O) groups is 3. The highest BCUT2D eigenvalue weighted by Crippen LogP contribution is 2.29. The lowest BCUT2D eigenvalue weighted by Crippen LogP contribution is -2.36. The second-order valence-electron chi connectivity index (χ2n) is 5.30. The van der Waals surface area contributed by atoms with E-state index in [9.17, 15) is 23.2 Å². The molecular formula is C17H19F2NO6. The van der Waals surface area contributed by atoms with Gasteiger partial charge in [-0.05, 0) is 23.8 Å². The summed E-state index contributed by atoms with van der Waals surface area (Å²) in [5.41, 5.74) is 0.458. The number of alkyl halides is 2. The van der Waals surface area contributed by atoms with Gasteiger partial charge >= 0.3 is 12.6 Å². The molecule has 0 aliphatic rings. The molecule has 0 unspecified atom stereocenters. The standard InChI is InChI=1S/C17H19F2NO6/c1-10(2)16(23)20-14(21)9-25-15(22)7-5-11-4-6-12(26-17(18)19)13(8-11)24-3/h4-8,10,17H,9H2,1-3H3,(H,20,21,23)/b7-5+. The molecule has 142 valence electrons. The molecule has 7 nitrogen and oxygen atoms in total. The number of carbonyl (C=O) groups excluding carboxylic acids is 3.